The number of hydrazine groups is 1. The van der Waals surface area contributed by atoms with E-state index in [1.54, 1.807) is 13.3 Å². The quantitative estimate of drug-likeness (QED) is 0.890. The summed E-state index contributed by atoms with van der Waals surface area (Å²) in [5.74, 6) is 0.584. The van der Waals surface area contributed by atoms with Crippen LogP contribution in [-0.2, 0) is 0 Å². The molecule has 0 bridgehead atoms. The smallest absolute Gasteiger partial charge is 0.213 e. The lowest BCUT2D eigenvalue weighted by Crippen LogP contribution is -2.43. The van der Waals surface area contributed by atoms with Crippen LogP contribution in [0.5, 0.6) is 5.88 Å². The maximum Gasteiger partial charge on any atom is 0.213 e. The Morgan fingerprint density at radius 1 is 1.21 bits per heavy atom. The molecule has 6 nitrogen and oxygen atoms in total. The average molecular weight is 321 g/mol. The highest BCUT2D eigenvalue weighted by Gasteiger charge is 2.36. The Kier molecular flexibility index (Phi) is 3.46. The van der Waals surface area contributed by atoms with Gasteiger partial charge in [0.15, 0.2) is 0 Å². The van der Waals surface area contributed by atoms with Crippen molar-refractivity contribution in [3.05, 3.63) is 59.4 Å². The van der Waals surface area contributed by atoms with Gasteiger partial charge in [-0.15, -0.1) is 0 Å². The fraction of sp³-hybridized carbons (Fsp3) is 0.222. The molecule has 0 amide bonds. The van der Waals surface area contributed by atoms with Crippen LogP contribution in [0.3, 0.4) is 0 Å². The Bertz CT molecular complexity index is 841. The summed E-state index contributed by atoms with van der Waals surface area (Å²) in [5.41, 5.74) is 9.56. The summed E-state index contributed by atoms with van der Waals surface area (Å²) in [6.07, 6.45) is 1.79. The van der Waals surface area contributed by atoms with E-state index in [2.05, 4.69) is 39.8 Å². The predicted molar refractivity (Wildman–Crippen MR) is 94.4 cm³/mol. The number of aliphatic imine (C=N–C) groups is 1. The molecule has 1 unspecified atom stereocenters. The van der Waals surface area contributed by atoms with E-state index in [1.807, 2.05) is 31.3 Å². The number of rotatable bonds is 2. The van der Waals surface area contributed by atoms with Gasteiger partial charge >= 0.3 is 0 Å². The maximum atomic E-state index is 5.12. The van der Waals surface area contributed by atoms with Gasteiger partial charge in [0.05, 0.1) is 24.7 Å². The molecule has 0 saturated carbocycles. The van der Waals surface area contributed by atoms with E-state index in [9.17, 15) is 0 Å². The highest BCUT2D eigenvalue weighted by Crippen LogP contribution is 2.34. The third kappa shape index (κ3) is 2.32. The minimum Gasteiger partial charge on any atom is -0.481 e. The number of fused-ring (bicyclic) bond motifs is 2. The van der Waals surface area contributed by atoms with Crippen LogP contribution < -0.4 is 15.5 Å². The topological polar surface area (TPSA) is 61.8 Å². The summed E-state index contributed by atoms with van der Waals surface area (Å²) < 4.78 is 5.12. The lowest BCUT2D eigenvalue weighted by Gasteiger charge is -2.31. The van der Waals surface area contributed by atoms with E-state index in [-0.39, 0.29) is 6.17 Å². The van der Waals surface area contributed by atoms with Crippen LogP contribution >= 0.6 is 0 Å². The number of nitrogens with zero attached hydrogens (tertiary/aromatic N) is 3. The van der Waals surface area contributed by atoms with Crippen LogP contribution in [0.1, 0.15) is 12.5 Å². The van der Waals surface area contributed by atoms with Crippen LogP contribution in [0.15, 0.2) is 58.9 Å². The van der Waals surface area contributed by atoms with E-state index in [0.29, 0.717) is 5.88 Å². The molecule has 1 atom stereocenters. The fourth-order valence-electron chi connectivity index (χ4n) is 3.18. The zero-order valence-electron chi connectivity index (χ0n) is 13.9. The summed E-state index contributed by atoms with van der Waals surface area (Å²) in [5, 5.41) is 5.62. The molecule has 0 saturated heterocycles. The maximum absolute atomic E-state index is 5.12. The van der Waals surface area contributed by atoms with Crippen molar-refractivity contribution in [2.75, 3.05) is 19.5 Å². The van der Waals surface area contributed by atoms with Crippen molar-refractivity contribution in [1.29, 1.82) is 0 Å². The molecule has 0 radical (unpaired) electrons. The van der Waals surface area contributed by atoms with Crippen molar-refractivity contribution in [1.82, 2.24) is 15.4 Å². The van der Waals surface area contributed by atoms with Crippen LogP contribution in [-0.4, -0.2) is 36.0 Å². The van der Waals surface area contributed by atoms with Crippen LogP contribution in [0, 0.1) is 0 Å². The summed E-state index contributed by atoms with van der Waals surface area (Å²) in [4.78, 5) is 9.15. The first kappa shape index (κ1) is 14.7. The van der Waals surface area contributed by atoms with Gasteiger partial charge in [-0.1, -0.05) is 18.2 Å². The largest absolute Gasteiger partial charge is 0.481 e. The zero-order valence-corrected chi connectivity index (χ0v) is 13.9. The fourth-order valence-corrected chi connectivity index (χ4v) is 3.18. The molecule has 24 heavy (non-hydrogen) atoms. The van der Waals surface area contributed by atoms with Crippen molar-refractivity contribution in [2.24, 2.45) is 4.99 Å². The number of allylic oxidation sites excluding steroid dienone is 1. The zero-order chi connectivity index (χ0) is 16.7. The number of methoxy groups -OCH3 is 1. The minimum atomic E-state index is 0.0601. The number of hydrogen-bond acceptors (Lipinski definition) is 6. The number of aromatic nitrogens is 1. The average Bonchev–Trinajstić information content (AvgIpc) is 2.89. The summed E-state index contributed by atoms with van der Waals surface area (Å²) in [7, 11) is 3.63. The molecule has 2 aliphatic heterocycles. The van der Waals surface area contributed by atoms with Gasteiger partial charge in [0.1, 0.15) is 6.17 Å². The Labute approximate surface area is 140 Å². The molecule has 1 aromatic carbocycles. The van der Waals surface area contributed by atoms with Gasteiger partial charge in [-0.25, -0.2) is 15.0 Å². The second-order valence-corrected chi connectivity index (χ2v) is 5.87. The molecule has 2 N–H and O–H groups in total. The normalized spacial score (nSPS) is 21.1. The van der Waals surface area contributed by atoms with Gasteiger partial charge in [-0.2, -0.15) is 0 Å². The van der Waals surface area contributed by atoms with Gasteiger partial charge in [0, 0.05) is 35.6 Å². The SMILES string of the molecule is COc1ccc(N=C2C3=C(C)NN(C)C3Nc3ccccc32)cn1. The molecule has 0 fully saturated rings. The van der Waals surface area contributed by atoms with E-state index in [4.69, 9.17) is 9.73 Å². The predicted octanol–water partition coefficient (Wildman–Crippen LogP) is 2.69. The number of nitrogens with one attached hydrogen (secondary N) is 2. The first-order chi connectivity index (χ1) is 11.7. The molecule has 4 rings (SSSR count). The lowest BCUT2D eigenvalue weighted by molar-refractivity contribution is 0.263. The minimum absolute atomic E-state index is 0.0601. The highest BCUT2D eigenvalue weighted by molar-refractivity contribution is 6.19. The molecule has 1 aromatic heterocycles. The van der Waals surface area contributed by atoms with Crippen molar-refractivity contribution < 1.29 is 4.74 Å². The number of para-hydroxylation sites is 1. The van der Waals surface area contributed by atoms with Gasteiger partial charge in [-0.05, 0) is 19.1 Å². The molecule has 6 heteroatoms. The summed E-state index contributed by atoms with van der Waals surface area (Å²) in [6, 6.07) is 12.0. The molecule has 2 aliphatic rings. The van der Waals surface area contributed by atoms with Crippen LogP contribution in [0.4, 0.5) is 11.4 Å². The number of likely N-dealkylation sites (N-methyl/N-ethyl adjacent to an activating group) is 1. The van der Waals surface area contributed by atoms with E-state index in [1.165, 1.54) is 0 Å². The van der Waals surface area contributed by atoms with E-state index < -0.39 is 0 Å². The molecule has 0 spiro atoms. The Hall–Kier alpha value is -2.86. The number of ether oxygens (including phenoxy) is 1. The van der Waals surface area contributed by atoms with Crippen molar-refractivity contribution in [2.45, 2.75) is 13.1 Å². The van der Waals surface area contributed by atoms with Crippen LogP contribution in [0.2, 0.25) is 0 Å². The summed E-state index contributed by atoms with van der Waals surface area (Å²) in [6.45, 7) is 2.07. The number of anilines is 1. The van der Waals surface area contributed by atoms with Gasteiger partial charge in [0.2, 0.25) is 5.88 Å². The van der Waals surface area contributed by atoms with Crippen molar-refractivity contribution >= 4 is 17.1 Å². The second kappa shape index (κ2) is 5.65. The molecular weight excluding hydrogens is 302 g/mol. The van der Waals surface area contributed by atoms with Crippen molar-refractivity contribution in [3.63, 3.8) is 0 Å². The Balaban J connectivity index is 1.86. The lowest BCUT2D eigenvalue weighted by atomic mass is 9.93. The Morgan fingerprint density at radius 3 is 2.79 bits per heavy atom. The highest BCUT2D eigenvalue weighted by atomic mass is 16.5. The third-order valence-electron chi connectivity index (χ3n) is 4.31. The molecule has 122 valence electrons. The number of pyridine rings is 1. The molecule has 3 heterocycles. The number of benzene rings is 1. The van der Waals surface area contributed by atoms with Crippen LogP contribution in [0.25, 0.3) is 0 Å². The summed E-state index contributed by atoms with van der Waals surface area (Å²) >= 11 is 0. The second-order valence-electron chi connectivity index (χ2n) is 5.87. The monoisotopic (exact) mass is 321 g/mol. The molecule has 2 aromatic rings. The third-order valence-corrected chi connectivity index (χ3v) is 4.31. The number of hydrogen-bond donors (Lipinski definition) is 2. The molecular formula is C18H19N5O. The van der Waals surface area contributed by atoms with E-state index in [0.717, 1.165) is 33.9 Å². The Morgan fingerprint density at radius 2 is 2.04 bits per heavy atom. The van der Waals surface area contributed by atoms with Gasteiger partial charge in [-0.3, -0.25) is 0 Å². The van der Waals surface area contributed by atoms with E-state index >= 15 is 0 Å². The molecule has 0 aliphatic carbocycles. The standard InChI is InChI=1S/C18H19N5O/c1-11-16-17(20-12-8-9-15(24-3)19-10-12)13-6-4-5-7-14(13)21-18(16)23(2)22-11/h4-10,18,21-22H,1-3H3. The van der Waals surface area contributed by atoms with Gasteiger partial charge < -0.3 is 15.5 Å². The first-order valence-corrected chi connectivity index (χ1v) is 7.82. The van der Waals surface area contributed by atoms with Crippen molar-refractivity contribution in [3.8, 4) is 5.88 Å². The first-order valence-electron chi connectivity index (χ1n) is 7.82. The van der Waals surface area contributed by atoms with Gasteiger partial charge in [0.25, 0.3) is 0 Å².